The number of nitrogens with one attached hydrogen (secondary N) is 1. The molecule has 2 rings (SSSR count). The van der Waals surface area contributed by atoms with Gasteiger partial charge in [0.15, 0.2) is 0 Å². The Bertz CT molecular complexity index is 426. The van der Waals surface area contributed by atoms with Crippen LogP contribution in [0.15, 0.2) is 24.3 Å². The molecule has 1 aliphatic carbocycles. The number of hydrogen-bond acceptors (Lipinski definition) is 4. The van der Waals surface area contributed by atoms with E-state index in [2.05, 4.69) is 5.32 Å². The number of nitrogens with two attached hydrogens (primary N) is 1. The van der Waals surface area contributed by atoms with Crippen molar-refractivity contribution in [3.05, 3.63) is 24.3 Å². The Labute approximate surface area is 114 Å². The molecule has 0 saturated heterocycles. The molecular formula is C15H22N2O2. The van der Waals surface area contributed by atoms with Crippen molar-refractivity contribution >= 4 is 17.3 Å². The van der Waals surface area contributed by atoms with Gasteiger partial charge in [0, 0.05) is 6.54 Å². The topological polar surface area (TPSA) is 64.3 Å². The van der Waals surface area contributed by atoms with E-state index >= 15 is 0 Å². The van der Waals surface area contributed by atoms with E-state index in [1.807, 2.05) is 24.3 Å². The van der Waals surface area contributed by atoms with E-state index in [4.69, 9.17) is 10.5 Å². The molecule has 1 aromatic carbocycles. The van der Waals surface area contributed by atoms with Crippen LogP contribution in [-0.4, -0.2) is 19.6 Å². The number of hydrogen-bond donors (Lipinski definition) is 2. The number of carbonyl (C=O) groups excluding carboxylic acids is 1. The van der Waals surface area contributed by atoms with Crippen LogP contribution in [0.1, 0.15) is 25.7 Å². The standard InChI is InChI=1S/C15H22N2O2/c1-19-15(18)12-8-6-11(7-9-12)10-17-14-5-3-2-4-13(14)16/h2-5,11-12,17H,6-10,16H2,1H3/t11-,12-. The van der Waals surface area contributed by atoms with Crippen molar-refractivity contribution in [2.45, 2.75) is 25.7 Å². The van der Waals surface area contributed by atoms with Gasteiger partial charge in [0.25, 0.3) is 0 Å². The smallest absolute Gasteiger partial charge is 0.308 e. The molecule has 0 unspecified atom stereocenters. The Morgan fingerprint density at radius 2 is 2.00 bits per heavy atom. The first kappa shape index (κ1) is 13.7. The van der Waals surface area contributed by atoms with Crippen LogP contribution in [0.2, 0.25) is 0 Å². The fraction of sp³-hybridized carbons (Fsp3) is 0.533. The Kier molecular flexibility index (Phi) is 4.66. The summed E-state index contributed by atoms with van der Waals surface area (Å²) in [5.74, 6) is 0.655. The van der Waals surface area contributed by atoms with Gasteiger partial charge >= 0.3 is 5.97 Å². The number of ether oxygens (including phenoxy) is 1. The highest BCUT2D eigenvalue weighted by molar-refractivity contribution is 5.72. The Morgan fingerprint density at radius 3 is 2.63 bits per heavy atom. The van der Waals surface area contributed by atoms with E-state index in [9.17, 15) is 4.79 Å². The minimum absolute atomic E-state index is 0.0567. The molecule has 19 heavy (non-hydrogen) atoms. The van der Waals surface area contributed by atoms with E-state index < -0.39 is 0 Å². The van der Waals surface area contributed by atoms with Gasteiger partial charge in [0.1, 0.15) is 0 Å². The number of carbonyl (C=O) groups is 1. The van der Waals surface area contributed by atoms with Crippen molar-refractivity contribution in [3.63, 3.8) is 0 Å². The predicted molar refractivity (Wildman–Crippen MR) is 76.8 cm³/mol. The van der Waals surface area contributed by atoms with Crippen molar-refractivity contribution in [1.82, 2.24) is 0 Å². The first-order chi connectivity index (χ1) is 9.20. The Balaban J connectivity index is 1.77. The zero-order valence-corrected chi connectivity index (χ0v) is 11.4. The third kappa shape index (κ3) is 3.63. The first-order valence-corrected chi connectivity index (χ1v) is 6.87. The lowest BCUT2D eigenvalue weighted by atomic mass is 9.82. The SMILES string of the molecule is COC(=O)[C@H]1CC[C@H](CNc2ccccc2N)CC1. The van der Waals surface area contributed by atoms with Gasteiger partial charge in [-0.15, -0.1) is 0 Å². The van der Waals surface area contributed by atoms with Gasteiger partial charge in [0.2, 0.25) is 0 Å². The minimum Gasteiger partial charge on any atom is -0.469 e. The van der Waals surface area contributed by atoms with Crippen molar-refractivity contribution < 1.29 is 9.53 Å². The molecule has 0 bridgehead atoms. The van der Waals surface area contributed by atoms with Gasteiger partial charge in [-0.1, -0.05) is 12.1 Å². The average Bonchev–Trinajstić information content (AvgIpc) is 2.46. The number of anilines is 2. The Hall–Kier alpha value is -1.71. The summed E-state index contributed by atoms with van der Waals surface area (Å²) >= 11 is 0. The molecule has 104 valence electrons. The minimum atomic E-state index is -0.0567. The van der Waals surface area contributed by atoms with Crippen LogP contribution in [0.25, 0.3) is 0 Å². The highest BCUT2D eigenvalue weighted by Crippen LogP contribution is 2.30. The maximum Gasteiger partial charge on any atom is 0.308 e. The van der Waals surface area contributed by atoms with Crippen molar-refractivity contribution in [2.75, 3.05) is 24.7 Å². The molecule has 4 nitrogen and oxygen atoms in total. The second-order valence-electron chi connectivity index (χ2n) is 5.21. The highest BCUT2D eigenvalue weighted by atomic mass is 16.5. The summed E-state index contributed by atoms with van der Waals surface area (Å²) < 4.78 is 4.80. The highest BCUT2D eigenvalue weighted by Gasteiger charge is 2.26. The van der Waals surface area contributed by atoms with Gasteiger partial charge in [-0.2, -0.15) is 0 Å². The second kappa shape index (κ2) is 6.45. The fourth-order valence-electron chi connectivity index (χ4n) is 2.68. The van der Waals surface area contributed by atoms with Crippen LogP contribution in [0.4, 0.5) is 11.4 Å². The molecule has 0 aromatic heterocycles. The Morgan fingerprint density at radius 1 is 1.32 bits per heavy atom. The number of benzene rings is 1. The van der Waals surface area contributed by atoms with Gasteiger partial charge < -0.3 is 15.8 Å². The lowest BCUT2D eigenvalue weighted by Gasteiger charge is -2.27. The third-order valence-corrected chi connectivity index (χ3v) is 3.92. The number of esters is 1. The quantitative estimate of drug-likeness (QED) is 0.647. The maximum absolute atomic E-state index is 11.4. The fourth-order valence-corrected chi connectivity index (χ4v) is 2.68. The van der Waals surface area contributed by atoms with Gasteiger partial charge in [-0.3, -0.25) is 4.79 Å². The number of nitrogen functional groups attached to an aromatic ring is 1. The van der Waals surface area contributed by atoms with Crippen molar-refractivity contribution in [1.29, 1.82) is 0 Å². The average molecular weight is 262 g/mol. The van der Waals surface area contributed by atoms with Gasteiger partial charge in [0.05, 0.1) is 24.4 Å². The summed E-state index contributed by atoms with van der Waals surface area (Å²) in [6.07, 6.45) is 4.01. The normalized spacial score (nSPS) is 22.8. The van der Waals surface area contributed by atoms with Crippen LogP contribution in [0.3, 0.4) is 0 Å². The lowest BCUT2D eigenvalue weighted by molar-refractivity contribution is -0.146. The van der Waals surface area contributed by atoms with Crippen LogP contribution < -0.4 is 11.1 Å². The summed E-state index contributed by atoms with van der Waals surface area (Å²) in [5.41, 5.74) is 7.67. The predicted octanol–water partition coefficient (Wildman–Crippen LogP) is 2.66. The second-order valence-corrected chi connectivity index (χ2v) is 5.21. The summed E-state index contributed by atoms with van der Waals surface area (Å²) in [4.78, 5) is 11.4. The maximum atomic E-state index is 11.4. The van der Waals surface area contributed by atoms with Crippen LogP contribution in [0, 0.1) is 11.8 Å². The van der Waals surface area contributed by atoms with Crippen molar-refractivity contribution in [3.8, 4) is 0 Å². The first-order valence-electron chi connectivity index (χ1n) is 6.87. The molecule has 1 aromatic rings. The molecule has 0 radical (unpaired) electrons. The van der Waals surface area contributed by atoms with E-state index in [-0.39, 0.29) is 11.9 Å². The van der Waals surface area contributed by atoms with Crippen LogP contribution in [0.5, 0.6) is 0 Å². The van der Waals surface area contributed by atoms with Gasteiger partial charge in [-0.05, 0) is 43.7 Å². The molecule has 1 fully saturated rings. The van der Waals surface area contributed by atoms with E-state index in [1.54, 1.807) is 0 Å². The molecular weight excluding hydrogens is 240 g/mol. The van der Waals surface area contributed by atoms with Crippen LogP contribution in [-0.2, 0) is 9.53 Å². The zero-order chi connectivity index (χ0) is 13.7. The monoisotopic (exact) mass is 262 g/mol. The molecule has 0 amide bonds. The number of methoxy groups -OCH3 is 1. The summed E-state index contributed by atoms with van der Waals surface area (Å²) in [7, 11) is 1.47. The molecule has 1 saturated carbocycles. The summed E-state index contributed by atoms with van der Waals surface area (Å²) in [5, 5.41) is 3.40. The van der Waals surface area contributed by atoms with Crippen molar-refractivity contribution in [2.24, 2.45) is 11.8 Å². The van der Waals surface area contributed by atoms with Gasteiger partial charge in [-0.25, -0.2) is 0 Å². The third-order valence-electron chi connectivity index (χ3n) is 3.92. The molecule has 0 heterocycles. The molecule has 0 aliphatic heterocycles. The summed E-state index contributed by atoms with van der Waals surface area (Å²) in [6.45, 7) is 0.919. The molecule has 4 heteroatoms. The lowest BCUT2D eigenvalue weighted by Crippen LogP contribution is -2.26. The van der Waals surface area contributed by atoms with E-state index in [0.29, 0.717) is 5.92 Å². The zero-order valence-electron chi connectivity index (χ0n) is 11.4. The van der Waals surface area contributed by atoms with E-state index in [0.717, 1.165) is 43.6 Å². The molecule has 0 atom stereocenters. The molecule has 0 spiro atoms. The number of para-hydroxylation sites is 2. The number of rotatable bonds is 4. The van der Waals surface area contributed by atoms with E-state index in [1.165, 1.54) is 7.11 Å². The molecule has 1 aliphatic rings. The van der Waals surface area contributed by atoms with Crippen LogP contribution >= 0.6 is 0 Å². The summed E-state index contributed by atoms with van der Waals surface area (Å²) in [6, 6.07) is 7.81. The largest absolute Gasteiger partial charge is 0.469 e. The molecule has 3 N–H and O–H groups in total.